The number of piperazine rings is 1. The Balaban J connectivity index is 0.00000169. The van der Waals surface area contributed by atoms with Crippen LogP contribution in [0.2, 0.25) is 0 Å². The van der Waals surface area contributed by atoms with Gasteiger partial charge in [-0.15, -0.1) is 12.4 Å². The number of halogens is 2. The summed E-state index contributed by atoms with van der Waals surface area (Å²) >= 11 is 0. The molecule has 0 bridgehead atoms. The first-order valence-electron chi connectivity index (χ1n) is 8.54. The fourth-order valence-corrected chi connectivity index (χ4v) is 3.72. The van der Waals surface area contributed by atoms with Crippen LogP contribution in [0.4, 0.5) is 10.1 Å². The van der Waals surface area contributed by atoms with Crippen molar-refractivity contribution in [2.24, 2.45) is 0 Å². The molecule has 1 aliphatic carbocycles. The van der Waals surface area contributed by atoms with Gasteiger partial charge in [-0.2, -0.15) is 0 Å². The first-order valence-corrected chi connectivity index (χ1v) is 8.54. The lowest BCUT2D eigenvalue weighted by molar-refractivity contribution is 0.235. The van der Waals surface area contributed by atoms with Gasteiger partial charge < -0.3 is 4.90 Å². The molecule has 24 heavy (non-hydrogen) atoms. The molecule has 2 fully saturated rings. The maximum absolute atomic E-state index is 13.0. The predicted molar refractivity (Wildman–Crippen MR) is 99.7 cm³/mol. The standard InChI is InChI=1S/C20H23FN2.ClH/c21-18-6-8-19(9-7-18)23-14-12-22(13-15-23)16-20(10-11-20)17-4-2-1-3-5-17;/h1-9H,10-16H2;1H. The molecule has 2 aliphatic rings. The maximum Gasteiger partial charge on any atom is 0.123 e. The molecule has 2 aromatic carbocycles. The summed E-state index contributed by atoms with van der Waals surface area (Å²) in [5, 5.41) is 0. The van der Waals surface area contributed by atoms with E-state index < -0.39 is 0 Å². The first kappa shape index (κ1) is 17.2. The monoisotopic (exact) mass is 346 g/mol. The van der Waals surface area contributed by atoms with Crippen molar-refractivity contribution in [3.05, 3.63) is 66.0 Å². The van der Waals surface area contributed by atoms with E-state index in [1.807, 2.05) is 12.1 Å². The Bertz CT molecular complexity index is 647. The largest absolute Gasteiger partial charge is 0.369 e. The van der Waals surface area contributed by atoms with Gasteiger partial charge in [0.2, 0.25) is 0 Å². The Hall–Kier alpha value is -1.58. The lowest BCUT2D eigenvalue weighted by atomic mass is 9.95. The maximum atomic E-state index is 13.0. The van der Waals surface area contributed by atoms with Crippen molar-refractivity contribution in [1.29, 1.82) is 0 Å². The van der Waals surface area contributed by atoms with Crippen molar-refractivity contribution in [3.8, 4) is 0 Å². The molecule has 2 nitrogen and oxygen atoms in total. The highest BCUT2D eigenvalue weighted by Gasteiger charge is 2.45. The summed E-state index contributed by atoms with van der Waals surface area (Å²) in [7, 11) is 0. The van der Waals surface area contributed by atoms with Crippen LogP contribution in [-0.2, 0) is 5.41 Å². The van der Waals surface area contributed by atoms with Crippen LogP contribution in [-0.4, -0.2) is 37.6 Å². The summed E-state index contributed by atoms with van der Waals surface area (Å²) in [6.45, 7) is 5.40. The average Bonchev–Trinajstić information content (AvgIpc) is 3.38. The van der Waals surface area contributed by atoms with Gasteiger partial charge in [0.1, 0.15) is 5.82 Å². The molecule has 1 saturated heterocycles. The normalized spacial score (nSPS) is 19.6. The Labute approximate surface area is 149 Å². The van der Waals surface area contributed by atoms with E-state index in [-0.39, 0.29) is 18.2 Å². The summed E-state index contributed by atoms with van der Waals surface area (Å²) in [5.41, 5.74) is 3.04. The lowest BCUT2D eigenvalue weighted by Gasteiger charge is -2.38. The molecular weight excluding hydrogens is 323 g/mol. The summed E-state index contributed by atoms with van der Waals surface area (Å²) in [4.78, 5) is 4.96. The van der Waals surface area contributed by atoms with E-state index in [9.17, 15) is 4.39 Å². The van der Waals surface area contributed by atoms with E-state index in [2.05, 4.69) is 40.1 Å². The molecule has 4 heteroatoms. The minimum absolute atomic E-state index is 0. The highest BCUT2D eigenvalue weighted by atomic mass is 35.5. The van der Waals surface area contributed by atoms with Crippen molar-refractivity contribution in [1.82, 2.24) is 4.90 Å². The summed E-state index contributed by atoms with van der Waals surface area (Å²) in [5.74, 6) is -0.161. The average molecular weight is 347 g/mol. The fourth-order valence-electron chi connectivity index (χ4n) is 3.72. The van der Waals surface area contributed by atoms with Crippen LogP contribution in [0.3, 0.4) is 0 Å². The van der Waals surface area contributed by atoms with Crippen LogP contribution >= 0.6 is 12.4 Å². The smallest absolute Gasteiger partial charge is 0.123 e. The Kier molecular flexibility index (Phi) is 5.12. The third-order valence-corrected chi connectivity index (χ3v) is 5.33. The van der Waals surface area contributed by atoms with Gasteiger partial charge in [0.25, 0.3) is 0 Å². The van der Waals surface area contributed by atoms with Crippen LogP contribution in [0, 0.1) is 5.82 Å². The molecule has 0 radical (unpaired) electrons. The second-order valence-corrected chi connectivity index (χ2v) is 6.89. The van der Waals surface area contributed by atoms with Gasteiger partial charge in [-0.1, -0.05) is 30.3 Å². The topological polar surface area (TPSA) is 6.48 Å². The molecule has 0 aromatic heterocycles. The minimum Gasteiger partial charge on any atom is -0.369 e. The van der Waals surface area contributed by atoms with Gasteiger partial charge in [-0.25, -0.2) is 4.39 Å². The van der Waals surface area contributed by atoms with Crippen LogP contribution < -0.4 is 4.90 Å². The number of anilines is 1. The van der Waals surface area contributed by atoms with E-state index in [4.69, 9.17) is 0 Å². The van der Waals surface area contributed by atoms with E-state index >= 15 is 0 Å². The summed E-state index contributed by atoms with van der Waals surface area (Å²) in [6, 6.07) is 17.8. The third-order valence-electron chi connectivity index (χ3n) is 5.33. The number of nitrogens with zero attached hydrogens (tertiary/aromatic N) is 2. The van der Waals surface area contributed by atoms with Crippen LogP contribution in [0.1, 0.15) is 18.4 Å². The molecule has 0 unspecified atom stereocenters. The van der Waals surface area contributed by atoms with Gasteiger partial charge in [0.05, 0.1) is 0 Å². The Morgan fingerprint density at radius 2 is 1.46 bits per heavy atom. The molecule has 0 N–H and O–H groups in total. The lowest BCUT2D eigenvalue weighted by Crippen LogP contribution is -2.48. The molecular formula is C20H24ClFN2. The second kappa shape index (κ2) is 7.12. The highest BCUT2D eigenvalue weighted by molar-refractivity contribution is 5.85. The predicted octanol–water partition coefficient (Wildman–Crippen LogP) is 4.10. The van der Waals surface area contributed by atoms with E-state index in [1.165, 1.54) is 24.9 Å². The van der Waals surface area contributed by atoms with E-state index in [0.29, 0.717) is 5.41 Å². The van der Waals surface area contributed by atoms with Crippen molar-refractivity contribution in [2.45, 2.75) is 18.3 Å². The molecule has 128 valence electrons. The van der Waals surface area contributed by atoms with Crippen molar-refractivity contribution < 1.29 is 4.39 Å². The zero-order valence-corrected chi connectivity index (χ0v) is 14.6. The molecule has 2 aromatic rings. The van der Waals surface area contributed by atoms with Gasteiger partial charge >= 0.3 is 0 Å². The molecule has 1 heterocycles. The SMILES string of the molecule is Cl.Fc1ccc(N2CCN(CC3(c4ccccc4)CC3)CC2)cc1. The Morgan fingerprint density at radius 1 is 0.833 bits per heavy atom. The summed E-state index contributed by atoms with van der Waals surface area (Å²) in [6.07, 6.45) is 2.63. The molecule has 1 aliphatic heterocycles. The van der Waals surface area contributed by atoms with E-state index in [1.54, 1.807) is 12.1 Å². The van der Waals surface area contributed by atoms with Gasteiger partial charge in [-0.05, 0) is 42.7 Å². The van der Waals surface area contributed by atoms with Crippen molar-refractivity contribution in [3.63, 3.8) is 0 Å². The van der Waals surface area contributed by atoms with Crippen LogP contribution in [0.15, 0.2) is 54.6 Å². The summed E-state index contributed by atoms with van der Waals surface area (Å²) < 4.78 is 13.0. The van der Waals surface area contributed by atoms with Crippen molar-refractivity contribution >= 4 is 18.1 Å². The number of hydrogen-bond acceptors (Lipinski definition) is 2. The van der Waals surface area contributed by atoms with Crippen LogP contribution in [0.25, 0.3) is 0 Å². The molecule has 0 atom stereocenters. The number of hydrogen-bond donors (Lipinski definition) is 0. The Morgan fingerprint density at radius 3 is 2.04 bits per heavy atom. The van der Waals surface area contributed by atoms with Crippen molar-refractivity contribution in [2.75, 3.05) is 37.6 Å². The van der Waals surface area contributed by atoms with Gasteiger partial charge in [0.15, 0.2) is 0 Å². The third kappa shape index (κ3) is 3.57. The zero-order chi connectivity index (χ0) is 15.7. The first-order chi connectivity index (χ1) is 11.3. The van der Waals surface area contributed by atoms with E-state index in [0.717, 1.165) is 31.9 Å². The quantitative estimate of drug-likeness (QED) is 0.822. The van der Waals surface area contributed by atoms with Gasteiger partial charge in [-0.3, -0.25) is 4.90 Å². The molecule has 4 rings (SSSR count). The fraction of sp³-hybridized carbons (Fsp3) is 0.400. The minimum atomic E-state index is -0.161. The molecule has 0 amide bonds. The highest BCUT2D eigenvalue weighted by Crippen LogP contribution is 2.48. The second-order valence-electron chi connectivity index (χ2n) is 6.89. The van der Waals surface area contributed by atoms with Gasteiger partial charge in [0, 0.05) is 43.8 Å². The van der Waals surface area contributed by atoms with Crippen LogP contribution in [0.5, 0.6) is 0 Å². The number of rotatable bonds is 4. The molecule has 1 saturated carbocycles. The zero-order valence-electron chi connectivity index (χ0n) is 13.8. The molecule has 0 spiro atoms. The number of benzene rings is 2.